The molecule has 1 aromatic heterocycles. The molecule has 1 aromatic carbocycles. The van der Waals surface area contributed by atoms with Crippen LogP contribution < -0.4 is 10.2 Å². The quantitative estimate of drug-likeness (QED) is 0.911. The average Bonchev–Trinajstić information content (AvgIpc) is 3.20. The van der Waals surface area contributed by atoms with Crippen molar-refractivity contribution in [3.8, 4) is 0 Å². The van der Waals surface area contributed by atoms with E-state index in [0.717, 1.165) is 30.2 Å². The Labute approximate surface area is 151 Å². The SMILES string of the molecule is O=C(Nc1ccc(N2CCOCC2)nc1)[C@H]1CC(c2ccccc2)=NO1. The summed E-state index contributed by atoms with van der Waals surface area (Å²) in [5.41, 5.74) is 2.40. The molecule has 1 N–H and O–H groups in total. The van der Waals surface area contributed by atoms with Crippen LogP contribution in [0.5, 0.6) is 0 Å². The number of carbonyl (C=O) groups is 1. The molecule has 1 atom stereocenters. The van der Waals surface area contributed by atoms with Crippen LogP contribution in [0.15, 0.2) is 53.8 Å². The molecule has 0 aliphatic carbocycles. The largest absolute Gasteiger partial charge is 0.382 e. The molecule has 2 aliphatic heterocycles. The van der Waals surface area contributed by atoms with Crippen LogP contribution >= 0.6 is 0 Å². The van der Waals surface area contributed by atoms with Crippen LogP contribution in [0.1, 0.15) is 12.0 Å². The highest BCUT2D eigenvalue weighted by atomic mass is 16.6. The topological polar surface area (TPSA) is 76.1 Å². The smallest absolute Gasteiger partial charge is 0.268 e. The van der Waals surface area contributed by atoms with Crippen LogP contribution in [0.2, 0.25) is 0 Å². The van der Waals surface area contributed by atoms with E-state index in [1.165, 1.54) is 0 Å². The highest BCUT2D eigenvalue weighted by molar-refractivity contribution is 6.06. The van der Waals surface area contributed by atoms with Crippen molar-refractivity contribution in [2.24, 2.45) is 5.16 Å². The Hall–Kier alpha value is -2.93. The number of hydrogen-bond acceptors (Lipinski definition) is 6. The van der Waals surface area contributed by atoms with E-state index >= 15 is 0 Å². The zero-order chi connectivity index (χ0) is 17.8. The molecule has 2 aromatic rings. The first kappa shape index (κ1) is 16.5. The van der Waals surface area contributed by atoms with Crippen LogP contribution in [0.3, 0.4) is 0 Å². The third-order valence-electron chi connectivity index (χ3n) is 4.42. The first-order valence-corrected chi connectivity index (χ1v) is 8.67. The Balaban J connectivity index is 1.34. The van der Waals surface area contributed by atoms with Crippen molar-refractivity contribution in [2.75, 3.05) is 36.5 Å². The molecule has 1 saturated heterocycles. The summed E-state index contributed by atoms with van der Waals surface area (Å²) in [5.74, 6) is 0.665. The van der Waals surface area contributed by atoms with Crippen molar-refractivity contribution in [2.45, 2.75) is 12.5 Å². The predicted octanol–water partition coefficient (Wildman–Crippen LogP) is 2.05. The van der Waals surface area contributed by atoms with Crippen molar-refractivity contribution in [1.82, 2.24) is 4.98 Å². The van der Waals surface area contributed by atoms with E-state index in [-0.39, 0.29) is 5.91 Å². The number of rotatable bonds is 4. The van der Waals surface area contributed by atoms with Crippen LogP contribution in [0.25, 0.3) is 0 Å². The number of aromatic nitrogens is 1. The molecule has 2 aliphatic rings. The van der Waals surface area contributed by atoms with E-state index in [1.54, 1.807) is 6.20 Å². The second-order valence-electron chi connectivity index (χ2n) is 6.20. The fraction of sp³-hybridized carbons (Fsp3) is 0.316. The van der Waals surface area contributed by atoms with E-state index in [1.807, 2.05) is 42.5 Å². The van der Waals surface area contributed by atoms with Gasteiger partial charge in [0.05, 0.1) is 30.8 Å². The number of hydrogen-bond donors (Lipinski definition) is 1. The summed E-state index contributed by atoms with van der Waals surface area (Å²) < 4.78 is 5.34. The van der Waals surface area contributed by atoms with Crippen molar-refractivity contribution in [3.63, 3.8) is 0 Å². The molecular formula is C19H20N4O3. The Morgan fingerprint density at radius 2 is 1.92 bits per heavy atom. The monoisotopic (exact) mass is 352 g/mol. The molecule has 26 heavy (non-hydrogen) atoms. The number of morpholine rings is 1. The highest BCUT2D eigenvalue weighted by Crippen LogP contribution is 2.19. The molecule has 3 heterocycles. The third kappa shape index (κ3) is 3.67. The van der Waals surface area contributed by atoms with Gasteiger partial charge in [-0.25, -0.2) is 4.98 Å². The van der Waals surface area contributed by atoms with Gasteiger partial charge in [0.15, 0.2) is 0 Å². The first-order chi connectivity index (χ1) is 12.8. The normalized spacial score (nSPS) is 19.6. The summed E-state index contributed by atoms with van der Waals surface area (Å²) in [4.78, 5) is 24.3. The number of carbonyl (C=O) groups excluding carboxylic acids is 1. The summed E-state index contributed by atoms with van der Waals surface area (Å²) in [6, 6.07) is 13.5. The number of ether oxygens (including phenoxy) is 1. The van der Waals surface area contributed by atoms with E-state index in [9.17, 15) is 4.79 Å². The lowest BCUT2D eigenvalue weighted by Gasteiger charge is -2.27. The predicted molar refractivity (Wildman–Crippen MR) is 98.4 cm³/mol. The van der Waals surface area contributed by atoms with E-state index < -0.39 is 6.10 Å². The average molecular weight is 352 g/mol. The van der Waals surface area contributed by atoms with Gasteiger partial charge in [-0.2, -0.15) is 0 Å². The van der Waals surface area contributed by atoms with Gasteiger partial charge in [0.1, 0.15) is 5.82 Å². The second-order valence-corrected chi connectivity index (χ2v) is 6.20. The van der Waals surface area contributed by atoms with Crippen molar-refractivity contribution in [3.05, 3.63) is 54.2 Å². The zero-order valence-electron chi connectivity index (χ0n) is 14.3. The van der Waals surface area contributed by atoms with Crippen molar-refractivity contribution in [1.29, 1.82) is 0 Å². The van der Waals surface area contributed by atoms with Gasteiger partial charge in [0, 0.05) is 19.5 Å². The minimum atomic E-state index is -0.621. The van der Waals surface area contributed by atoms with Gasteiger partial charge in [0.25, 0.3) is 5.91 Å². The van der Waals surface area contributed by atoms with Gasteiger partial charge < -0.3 is 19.8 Å². The molecule has 7 nitrogen and oxygen atoms in total. The number of nitrogens with one attached hydrogen (secondary N) is 1. The van der Waals surface area contributed by atoms with Crippen LogP contribution in [0.4, 0.5) is 11.5 Å². The first-order valence-electron chi connectivity index (χ1n) is 8.67. The summed E-state index contributed by atoms with van der Waals surface area (Å²) in [6.07, 6.45) is 1.50. The minimum Gasteiger partial charge on any atom is -0.382 e. The van der Waals surface area contributed by atoms with Gasteiger partial charge in [0.2, 0.25) is 6.10 Å². The standard InChI is InChI=1S/C19H20N4O3/c24-19(17-12-16(22-26-17)14-4-2-1-3-5-14)21-15-6-7-18(20-13-15)23-8-10-25-11-9-23/h1-7,13,17H,8-12H2,(H,21,24)/t17-/m1/s1. The number of amides is 1. The van der Waals surface area contributed by atoms with Gasteiger partial charge in [-0.3, -0.25) is 4.79 Å². The van der Waals surface area contributed by atoms with Gasteiger partial charge in [-0.05, 0) is 17.7 Å². The summed E-state index contributed by atoms with van der Waals surface area (Å²) >= 11 is 0. The van der Waals surface area contributed by atoms with Gasteiger partial charge >= 0.3 is 0 Å². The molecule has 134 valence electrons. The molecule has 0 saturated carbocycles. The third-order valence-corrected chi connectivity index (χ3v) is 4.42. The van der Waals surface area contributed by atoms with Gasteiger partial charge in [-0.1, -0.05) is 35.5 Å². The second kappa shape index (κ2) is 7.53. The number of benzene rings is 1. The molecular weight excluding hydrogens is 332 g/mol. The van der Waals surface area contributed by atoms with E-state index in [0.29, 0.717) is 25.3 Å². The Kier molecular flexibility index (Phi) is 4.79. The lowest BCUT2D eigenvalue weighted by atomic mass is 10.0. The molecule has 1 amide bonds. The highest BCUT2D eigenvalue weighted by Gasteiger charge is 2.29. The lowest BCUT2D eigenvalue weighted by molar-refractivity contribution is -0.125. The summed E-state index contributed by atoms with van der Waals surface area (Å²) in [5, 5.41) is 6.89. The van der Waals surface area contributed by atoms with Gasteiger partial charge in [-0.15, -0.1) is 0 Å². The van der Waals surface area contributed by atoms with Crippen molar-refractivity contribution < 1.29 is 14.4 Å². The lowest BCUT2D eigenvalue weighted by Crippen LogP contribution is -2.36. The van der Waals surface area contributed by atoms with Crippen LogP contribution in [-0.4, -0.2) is 49.0 Å². The van der Waals surface area contributed by atoms with Crippen LogP contribution in [-0.2, 0) is 14.4 Å². The number of nitrogens with zero attached hydrogens (tertiary/aromatic N) is 3. The maximum absolute atomic E-state index is 12.4. The molecule has 7 heteroatoms. The molecule has 0 bridgehead atoms. The molecule has 0 spiro atoms. The molecule has 0 radical (unpaired) electrons. The van der Waals surface area contributed by atoms with Crippen LogP contribution in [0, 0.1) is 0 Å². The fourth-order valence-electron chi connectivity index (χ4n) is 2.98. The molecule has 0 unspecified atom stereocenters. The number of anilines is 2. The maximum Gasteiger partial charge on any atom is 0.268 e. The minimum absolute atomic E-state index is 0.222. The summed E-state index contributed by atoms with van der Waals surface area (Å²) in [6.45, 7) is 3.08. The van der Waals surface area contributed by atoms with E-state index in [2.05, 4.69) is 20.4 Å². The number of pyridine rings is 1. The zero-order valence-corrected chi connectivity index (χ0v) is 14.3. The summed E-state index contributed by atoms with van der Waals surface area (Å²) in [7, 11) is 0. The molecule has 4 rings (SSSR count). The Morgan fingerprint density at radius 1 is 1.12 bits per heavy atom. The Morgan fingerprint density at radius 3 is 2.65 bits per heavy atom. The van der Waals surface area contributed by atoms with E-state index in [4.69, 9.17) is 9.57 Å². The van der Waals surface area contributed by atoms with Crippen molar-refractivity contribution >= 4 is 23.1 Å². The molecule has 1 fully saturated rings. The Bertz CT molecular complexity index is 786. The number of oxime groups is 1. The fourth-order valence-corrected chi connectivity index (χ4v) is 2.98. The maximum atomic E-state index is 12.4.